The Morgan fingerprint density at radius 3 is 2.83 bits per heavy atom. The molecule has 0 aliphatic heterocycles. The van der Waals surface area contributed by atoms with Crippen LogP contribution in [0.1, 0.15) is 26.2 Å². The molecule has 0 spiro atoms. The van der Waals surface area contributed by atoms with Crippen molar-refractivity contribution in [1.82, 2.24) is 4.72 Å². The van der Waals surface area contributed by atoms with Crippen molar-refractivity contribution in [3.63, 3.8) is 0 Å². The minimum Gasteiger partial charge on any atom is -0.487 e. The van der Waals surface area contributed by atoms with Crippen LogP contribution < -0.4 is 15.2 Å². The summed E-state index contributed by atoms with van der Waals surface area (Å²) in [5.41, 5.74) is 5.74. The fourth-order valence-corrected chi connectivity index (χ4v) is 4.75. The largest absolute Gasteiger partial charge is 0.487 e. The van der Waals surface area contributed by atoms with E-state index in [0.717, 1.165) is 19.3 Å². The number of methoxy groups -OCH3 is 1. The Bertz CT molecular complexity index is 653. The second-order valence-corrected chi connectivity index (χ2v) is 8.25. The van der Waals surface area contributed by atoms with E-state index < -0.39 is 10.0 Å². The Balaban J connectivity index is 2.26. The third kappa shape index (κ3) is 4.83. The molecule has 1 fully saturated rings. The van der Waals surface area contributed by atoms with Gasteiger partial charge in [0.25, 0.3) is 0 Å². The van der Waals surface area contributed by atoms with Crippen molar-refractivity contribution in [2.75, 3.05) is 20.3 Å². The summed E-state index contributed by atoms with van der Waals surface area (Å²) in [5, 5.41) is 0.337. The van der Waals surface area contributed by atoms with Gasteiger partial charge in [-0.2, -0.15) is 0 Å². The molecule has 3 atom stereocenters. The molecule has 1 aliphatic rings. The normalized spacial score (nSPS) is 22.5. The summed E-state index contributed by atoms with van der Waals surface area (Å²) in [4.78, 5) is 0.0422. The van der Waals surface area contributed by atoms with E-state index in [0.29, 0.717) is 18.2 Å². The van der Waals surface area contributed by atoms with Crippen molar-refractivity contribution < 1.29 is 17.9 Å². The van der Waals surface area contributed by atoms with Crippen LogP contribution in [0.2, 0.25) is 5.02 Å². The molecule has 8 heteroatoms. The summed E-state index contributed by atoms with van der Waals surface area (Å²) < 4.78 is 39.2. The lowest BCUT2D eigenvalue weighted by Crippen LogP contribution is -2.40. The molecule has 0 bridgehead atoms. The molecule has 1 aromatic carbocycles. The molecule has 2 rings (SSSR count). The Hall–Kier alpha value is -0.860. The molecule has 3 unspecified atom stereocenters. The smallest absolute Gasteiger partial charge is 0.244 e. The number of nitrogens with one attached hydrogen (secondary N) is 1. The summed E-state index contributed by atoms with van der Waals surface area (Å²) in [6.45, 7) is 2.63. The molecule has 24 heavy (non-hydrogen) atoms. The zero-order valence-corrected chi connectivity index (χ0v) is 15.6. The number of benzene rings is 1. The number of sulfonamides is 1. The predicted octanol–water partition coefficient (Wildman–Crippen LogP) is 2.16. The van der Waals surface area contributed by atoms with Gasteiger partial charge >= 0.3 is 0 Å². The van der Waals surface area contributed by atoms with Crippen LogP contribution >= 0.6 is 11.6 Å². The molecule has 6 nitrogen and oxygen atoms in total. The van der Waals surface area contributed by atoms with E-state index in [1.54, 1.807) is 19.2 Å². The Morgan fingerprint density at radius 1 is 1.42 bits per heavy atom. The van der Waals surface area contributed by atoms with Gasteiger partial charge in [-0.15, -0.1) is 0 Å². The van der Waals surface area contributed by atoms with Crippen LogP contribution in [0.15, 0.2) is 23.1 Å². The quantitative estimate of drug-likeness (QED) is 0.725. The highest BCUT2D eigenvalue weighted by molar-refractivity contribution is 7.89. The lowest BCUT2D eigenvalue weighted by molar-refractivity contribution is 0.0901. The number of ether oxygens (including phenoxy) is 2. The van der Waals surface area contributed by atoms with Crippen LogP contribution in [0.3, 0.4) is 0 Å². The summed E-state index contributed by atoms with van der Waals surface area (Å²) >= 11 is 6.00. The molecule has 3 N–H and O–H groups in total. The van der Waals surface area contributed by atoms with Gasteiger partial charge in [-0.1, -0.05) is 18.0 Å². The van der Waals surface area contributed by atoms with Crippen molar-refractivity contribution in [3.05, 3.63) is 23.2 Å². The van der Waals surface area contributed by atoms with Gasteiger partial charge in [0.1, 0.15) is 16.7 Å². The van der Waals surface area contributed by atoms with Gasteiger partial charge in [0.05, 0.1) is 6.61 Å². The number of nitrogens with two attached hydrogens (primary N) is 1. The van der Waals surface area contributed by atoms with E-state index in [-0.39, 0.29) is 28.7 Å². The van der Waals surface area contributed by atoms with Crippen molar-refractivity contribution >= 4 is 21.6 Å². The van der Waals surface area contributed by atoms with Crippen molar-refractivity contribution in [3.8, 4) is 5.75 Å². The fourth-order valence-electron chi connectivity index (χ4n) is 3.01. The first-order valence-corrected chi connectivity index (χ1v) is 9.91. The van der Waals surface area contributed by atoms with Crippen LogP contribution in [-0.4, -0.2) is 40.8 Å². The van der Waals surface area contributed by atoms with E-state index in [1.807, 2.05) is 6.92 Å². The number of hydrogen-bond donors (Lipinski definition) is 2. The third-order valence-electron chi connectivity index (χ3n) is 4.19. The first-order valence-electron chi connectivity index (χ1n) is 8.05. The minimum atomic E-state index is -3.76. The third-order valence-corrected chi connectivity index (χ3v) is 5.94. The topological polar surface area (TPSA) is 90.6 Å². The summed E-state index contributed by atoms with van der Waals surface area (Å²) in [7, 11) is -2.19. The van der Waals surface area contributed by atoms with Gasteiger partial charge in [0.2, 0.25) is 10.0 Å². The summed E-state index contributed by atoms with van der Waals surface area (Å²) in [5.74, 6) is 0.425. The molecule has 0 aromatic heterocycles. The molecule has 1 aliphatic carbocycles. The average molecular weight is 377 g/mol. The molecular weight excluding hydrogens is 352 g/mol. The first-order chi connectivity index (χ1) is 11.4. The molecule has 0 amide bonds. The minimum absolute atomic E-state index is 0.0422. The standard InChI is InChI=1S/C16H25ClN2O4S/c1-11(10-22-2)23-15-7-6-13(17)8-16(15)24(20,21)19-14-5-3-4-12(14)9-18/h6-8,11-12,14,19H,3-5,9-10,18H2,1-2H3. The lowest BCUT2D eigenvalue weighted by atomic mass is 10.1. The van der Waals surface area contributed by atoms with Gasteiger partial charge in [0.15, 0.2) is 0 Å². The molecule has 136 valence electrons. The second kappa shape index (κ2) is 8.49. The Labute approximate surface area is 148 Å². The van der Waals surface area contributed by atoms with E-state index in [9.17, 15) is 8.42 Å². The Kier molecular flexibility index (Phi) is 6.88. The van der Waals surface area contributed by atoms with Crippen LogP contribution in [0.5, 0.6) is 5.75 Å². The fraction of sp³-hybridized carbons (Fsp3) is 0.625. The highest BCUT2D eigenvalue weighted by Gasteiger charge is 2.32. The van der Waals surface area contributed by atoms with Crippen LogP contribution in [-0.2, 0) is 14.8 Å². The zero-order valence-electron chi connectivity index (χ0n) is 14.0. The van der Waals surface area contributed by atoms with Crippen LogP contribution in [0, 0.1) is 5.92 Å². The molecule has 1 aromatic rings. The van der Waals surface area contributed by atoms with Crippen LogP contribution in [0.4, 0.5) is 0 Å². The number of halogens is 1. The highest BCUT2D eigenvalue weighted by Crippen LogP contribution is 2.31. The maximum absolute atomic E-state index is 12.8. The number of hydrogen-bond acceptors (Lipinski definition) is 5. The van der Waals surface area contributed by atoms with Gasteiger partial charge in [0, 0.05) is 18.2 Å². The highest BCUT2D eigenvalue weighted by atomic mass is 35.5. The van der Waals surface area contributed by atoms with Gasteiger partial charge in [-0.3, -0.25) is 0 Å². The summed E-state index contributed by atoms with van der Waals surface area (Å²) in [6.07, 6.45) is 2.41. The Morgan fingerprint density at radius 2 is 2.17 bits per heavy atom. The van der Waals surface area contributed by atoms with Gasteiger partial charge in [-0.05, 0) is 50.4 Å². The SMILES string of the molecule is COCC(C)Oc1ccc(Cl)cc1S(=O)(=O)NC1CCCC1CN. The van der Waals surface area contributed by atoms with Gasteiger partial charge in [-0.25, -0.2) is 13.1 Å². The molecule has 0 radical (unpaired) electrons. The lowest BCUT2D eigenvalue weighted by Gasteiger charge is -2.21. The molecule has 0 saturated heterocycles. The molecule has 1 saturated carbocycles. The zero-order chi connectivity index (χ0) is 17.7. The maximum Gasteiger partial charge on any atom is 0.244 e. The average Bonchev–Trinajstić information content (AvgIpc) is 2.95. The van der Waals surface area contributed by atoms with E-state index in [1.165, 1.54) is 6.07 Å². The van der Waals surface area contributed by atoms with Crippen molar-refractivity contribution in [2.45, 2.75) is 43.2 Å². The maximum atomic E-state index is 12.8. The van der Waals surface area contributed by atoms with Gasteiger partial charge < -0.3 is 15.2 Å². The summed E-state index contributed by atoms with van der Waals surface area (Å²) in [6, 6.07) is 4.43. The van der Waals surface area contributed by atoms with E-state index in [2.05, 4.69) is 4.72 Å². The van der Waals surface area contributed by atoms with E-state index >= 15 is 0 Å². The van der Waals surface area contributed by atoms with E-state index in [4.69, 9.17) is 26.8 Å². The second-order valence-electron chi connectivity index (χ2n) is 6.13. The number of rotatable bonds is 8. The first kappa shape index (κ1) is 19.5. The molecular formula is C16H25ClN2O4S. The monoisotopic (exact) mass is 376 g/mol. The predicted molar refractivity (Wildman–Crippen MR) is 93.9 cm³/mol. The van der Waals surface area contributed by atoms with Crippen LogP contribution in [0.25, 0.3) is 0 Å². The van der Waals surface area contributed by atoms with Crippen molar-refractivity contribution in [1.29, 1.82) is 0 Å². The van der Waals surface area contributed by atoms with Crippen molar-refractivity contribution in [2.24, 2.45) is 11.7 Å². The molecule has 0 heterocycles.